The van der Waals surface area contributed by atoms with E-state index in [1.165, 1.54) is 5.56 Å². The number of phenols is 1. The maximum absolute atomic E-state index is 11.8. The van der Waals surface area contributed by atoms with Gasteiger partial charge in [0, 0.05) is 57.4 Å². The van der Waals surface area contributed by atoms with Crippen LogP contribution in [0.25, 0.3) is 39.3 Å². The Hall–Kier alpha value is -5.68. The van der Waals surface area contributed by atoms with Gasteiger partial charge in [-0.3, -0.25) is 4.98 Å². The van der Waals surface area contributed by atoms with E-state index in [2.05, 4.69) is 161 Å². The van der Waals surface area contributed by atoms with E-state index in [1.807, 2.05) is 30.5 Å². The first-order valence-electron chi connectivity index (χ1n) is 17.2. The highest BCUT2D eigenvalue weighted by Crippen LogP contribution is 2.44. The number of hydrogen-bond donors (Lipinski definition) is 1. The van der Waals surface area contributed by atoms with Crippen molar-refractivity contribution in [2.24, 2.45) is 0 Å². The second kappa shape index (κ2) is 12.6. The largest absolute Gasteiger partial charge is 0.507 e. The summed E-state index contributed by atoms with van der Waals surface area (Å²) in [5.41, 5.74) is 12.1. The third kappa shape index (κ3) is 6.16. The molecule has 0 radical (unpaired) electrons. The molecule has 0 fully saturated rings. The van der Waals surface area contributed by atoms with Crippen LogP contribution in [0, 0.1) is 6.92 Å². The van der Waals surface area contributed by atoms with Gasteiger partial charge in [0.2, 0.25) is 0 Å². The second-order valence-corrected chi connectivity index (χ2v) is 15.1. The van der Waals surface area contributed by atoms with E-state index in [-0.39, 0.29) is 10.8 Å². The van der Waals surface area contributed by atoms with E-state index in [9.17, 15) is 5.11 Å². The first kappa shape index (κ1) is 32.8. The minimum absolute atomic E-state index is 0.105. The Bertz CT molecular complexity index is 2260. The van der Waals surface area contributed by atoms with Gasteiger partial charge in [0.05, 0.1) is 11.4 Å². The van der Waals surface area contributed by atoms with Crippen molar-refractivity contribution in [2.75, 3.05) is 4.90 Å². The van der Waals surface area contributed by atoms with Crippen LogP contribution in [0.4, 0.5) is 17.1 Å². The van der Waals surface area contributed by atoms with Gasteiger partial charge in [0.15, 0.2) is 0 Å². The van der Waals surface area contributed by atoms with Crippen LogP contribution in [0.3, 0.4) is 0 Å². The van der Waals surface area contributed by atoms with E-state index < -0.39 is 0 Å². The summed E-state index contributed by atoms with van der Waals surface area (Å²) in [6, 6.07) is 42.0. The number of aromatic nitrogens is 3. The number of benzene rings is 4. The van der Waals surface area contributed by atoms with Gasteiger partial charge in [0.25, 0.3) is 0 Å². The number of aryl methyl sites for hydroxylation is 1. The number of nitrogens with zero attached hydrogens (tertiary/aromatic N) is 4. The molecule has 0 saturated carbocycles. The molecule has 0 bridgehead atoms. The van der Waals surface area contributed by atoms with Gasteiger partial charge >= 0.3 is 0 Å². The highest BCUT2D eigenvalue weighted by molar-refractivity contribution is 5.89. The smallest absolute Gasteiger partial charge is 0.145 e. The minimum atomic E-state index is -0.246. The molecule has 7 rings (SSSR count). The molecule has 4 aromatic carbocycles. The third-order valence-electron chi connectivity index (χ3n) is 9.40. The Kier molecular flexibility index (Phi) is 8.31. The molecule has 0 aliphatic heterocycles. The summed E-state index contributed by atoms with van der Waals surface area (Å²) in [4.78, 5) is 12.4. The summed E-state index contributed by atoms with van der Waals surface area (Å²) in [6.45, 7) is 15.2. The standard InChI is InChI=1S/C45H44N4O/c1-30-41(38-28-33(44(2,3)4)29-39(42(38)50)45(5,6)7)47-43-37(21-16-24-48(30)43)31-25-32(40-22-14-15-23-46-40)27-36(26-31)49(34-17-10-8-11-18-34)35-19-12-9-13-20-35/h8-29,50H,1-7H3. The van der Waals surface area contributed by atoms with Crippen molar-refractivity contribution in [3.8, 4) is 39.4 Å². The highest BCUT2D eigenvalue weighted by atomic mass is 16.3. The first-order valence-corrected chi connectivity index (χ1v) is 17.2. The molecular formula is C45H44N4O. The molecule has 3 aromatic heterocycles. The van der Waals surface area contributed by atoms with Crippen LogP contribution in [-0.2, 0) is 10.8 Å². The fourth-order valence-corrected chi connectivity index (χ4v) is 6.66. The van der Waals surface area contributed by atoms with Crippen molar-refractivity contribution < 1.29 is 5.11 Å². The maximum Gasteiger partial charge on any atom is 0.145 e. The zero-order chi connectivity index (χ0) is 35.2. The van der Waals surface area contributed by atoms with Crippen LogP contribution in [0.15, 0.2) is 134 Å². The van der Waals surface area contributed by atoms with Crippen LogP contribution in [-0.4, -0.2) is 19.5 Å². The lowest BCUT2D eigenvalue weighted by atomic mass is 9.78. The number of pyridine rings is 2. The van der Waals surface area contributed by atoms with E-state index in [1.54, 1.807) is 0 Å². The van der Waals surface area contributed by atoms with E-state index in [0.29, 0.717) is 5.75 Å². The van der Waals surface area contributed by atoms with Gasteiger partial charge in [-0.1, -0.05) is 90.1 Å². The molecule has 0 unspecified atom stereocenters. The molecule has 0 amide bonds. The molecule has 0 aliphatic rings. The Morgan fingerprint density at radius 1 is 0.620 bits per heavy atom. The number of phenolic OH excluding ortho intramolecular Hbond substituents is 1. The van der Waals surface area contributed by atoms with Gasteiger partial charge in [0.1, 0.15) is 11.4 Å². The normalized spacial score (nSPS) is 12.0. The summed E-state index contributed by atoms with van der Waals surface area (Å²) in [5.74, 6) is 0.291. The van der Waals surface area contributed by atoms with Crippen LogP contribution in [0.5, 0.6) is 5.75 Å². The molecular weight excluding hydrogens is 613 g/mol. The van der Waals surface area contributed by atoms with E-state index in [4.69, 9.17) is 9.97 Å². The van der Waals surface area contributed by atoms with Gasteiger partial charge in [-0.05, 0) is 102 Å². The van der Waals surface area contributed by atoms with Crippen LogP contribution in [0.1, 0.15) is 58.4 Å². The van der Waals surface area contributed by atoms with Crippen LogP contribution in [0.2, 0.25) is 0 Å². The molecule has 0 saturated heterocycles. The number of fused-ring (bicyclic) bond motifs is 1. The van der Waals surface area contributed by atoms with Crippen molar-refractivity contribution in [3.63, 3.8) is 0 Å². The third-order valence-corrected chi connectivity index (χ3v) is 9.40. The topological polar surface area (TPSA) is 53.7 Å². The first-order chi connectivity index (χ1) is 23.9. The summed E-state index contributed by atoms with van der Waals surface area (Å²) in [6.07, 6.45) is 3.90. The molecule has 50 heavy (non-hydrogen) atoms. The van der Waals surface area contributed by atoms with E-state index in [0.717, 1.165) is 67.6 Å². The summed E-state index contributed by atoms with van der Waals surface area (Å²) < 4.78 is 2.14. The molecule has 5 nitrogen and oxygen atoms in total. The van der Waals surface area contributed by atoms with Crippen molar-refractivity contribution >= 4 is 22.7 Å². The number of rotatable bonds is 6. The average Bonchev–Trinajstić information content (AvgIpc) is 3.44. The van der Waals surface area contributed by atoms with Crippen LogP contribution >= 0.6 is 0 Å². The lowest BCUT2D eigenvalue weighted by Gasteiger charge is -2.27. The Labute approximate surface area is 295 Å². The maximum atomic E-state index is 11.8. The van der Waals surface area contributed by atoms with Gasteiger partial charge in [-0.2, -0.15) is 0 Å². The van der Waals surface area contributed by atoms with Crippen molar-refractivity contribution in [1.29, 1.82) is 0 Å². The van der Waals surface area contributed by atoms with Crippen LogP contribution < -0.4 is 4.90 Å². The number of para-hydroxylation sites is 2. The molecule has 0 aliphatic carbocycles. The van der Waals surface area contributed by atoms with E-state index >= 15 is 0 Å². The highest BCUT2D eigenvalue weighted by Gasteiger charge is 2.28. The molecule has 250 valence electrons. The number of anilines is 3. The van der Waals surface area contributed by atoms with Gasteiger partial charge < -0.3 is 14.4 Å². The number of imidazole rings is 1. The molecule has 0 atom stereocenters. The lowest BCUT2D eigenvalue weighted by molar-refractivity contribution is 0.446. The Balaban J connectivity index is 1.48. The molecule has 1 N–H and O–H groups in total. The number of hydrogen-bond acceptors (Lipinski definition) is 4. The fourth-order valence-electron chi connectivity index (χ4n) is 6.66. The predicted molar refractivity (Wildman–Crippen MR) is 208 cm³/mol. The Morgan fingerprint density at radius 2 is 1.26 bits per heavy atom. The number of aromatic hydroxyl groups is 1. The molecule has 0 spiro atoms. The lowest BCUT2D eigenvalue weighted by Crippen LogP contribution is -2.17. The van der Waals surface area contributed by atoms with Gasteiger partial charge in [-0.15, -0.1) is 0 Å². The minimum Gasteiger partial charge on any atom is -0.507 e. The molecule has 5 heteroatoms. The van der Waals surface area contributed by atoms with Gasteiger partial charge in [-0.25, -0.2) is 4.98 Å². The van der Waals surface area contributed by atoms with Crippen molar-refractivity contribution in [2.45, 2.75) is 59.3 Å². The zero-order valence-corrected chi connectivity index (χ0v) is 29.9. The summed E-state index contributed by atoms with van der Waals surface area (Å²) >= 11 is 0. The molecule has 7 aromatic rings. The Morgan fingerprint density at radius 3 is 1.86 bits per heavy atom. The zero-order valence-electron chi connectivity index (χ0n) is 29.9. The molecule has 3 heterocycles. The quantitative estimate of drug-likeness (QED) is 0.194. The average molecular weight is 657 g/mol. The SMILES string of the molecule is Cc1c(-c2cc(C(C)(C)C)cc(C(C)(C)C)c2O)nc2c(-c3cc(-c4ccccn4)cc(N(c4ccccc4)c4ccccc4)c3)cccn12. The second-order valence-electron chi connectivity index (χ2n) is 15.1. The monoisotopic (exact) mass is 656 g/mol. The van der Waals surface area contributed by atoms with Crippen molar-refractivity contribution in [3.05, 3.63) is 151 Å². The fraction of sp³-hybridized carbons (Fsp3) is 0.200. The van der Waals surface area contributed by atoms with Crippen molar-refractivity contribution in [1.82, 2.24) is 14.4 Å². The summed E-state index contributed by atoms with van der Waals surface area (Å²) in [5, 5.41) is 11.8. The predicted octanol–water partition coefficient (Wildman–Crippen LogP) is 11.8. The summed E-state index contributed by atoms with van der Waals surface area (Å²) in [7, 11) is 0.